The zero-order chi connectivity index (χ0) is 34.2. The fraction of sp³-hybridized carbons (Fsp3) is 0.421. The molecule has 0 fully saturated rings. The van der Waals surface area contributed by atoms with E-state index in [4.69, 9.17) is 9.47 Å². The van der Waals surface area contributed by atoms with Gasteiger partial charge < -0.3 is 14.8 Å². The van der Waals surface area contributed by atoms with Crippen molar-refractivity contribution in [1.29, 1.82) is 0 Å². The van der Waals surface area contributed by atoms with Gasteiger partial charge in [0.1, 0.15) is 17.0 Å². The smallest absolute Gasteiger partial charge is 0.414 e. The summed E-state index contributed by atoms with van der Waals surface area (Å²) in [6.07, 6.45) is 3.96. The minimum absolute atomic E-state index is 0.0954. The third kappa shape index (κ3) is 10.7. The summed E-state index contributed by atoms with van der Waals surface area (Å²) >= 11 is 0. The summed E-state index contributed by atoms with van der Waals surface area (Å²) in [7, 11) is 0. The topological polar surface area (TPSA) is 110 Å². The van der Waals surface area contributed by atoms with Gasteiger partial charge >= 0.3 is 12.2 Å². The molecule has 250 valence electrons. The average molecular weight is 641 g/mol. The minimum Gasteiger partial charge on any atom is -0.444 e. The molecule has 9 nitrogen and oxygen atoms in total. The van der Waals surface area contributed by atoms with Crippen LogP contribution in [0.5, 0.6) is 0 Å². The Bertz CT molecular complexity index is 1580. The van der Waals surface area contributed by atoms with Crippen molar-refractivity contribution in [2.24, 2.45) is 0 Å². The lowest BCUT2D eigenvalue weighted by molar-refractivity contribution is -0.113. The summed E-state index contributed by atoms with van der Waals surface area (Å²) in [5.41, 5.74) is 4.94. The lowest BCUT2D eigenvalue weighted by atomic mass is 9.86. The van der Waals surface area contributed by atoms with E-state index in [1.54, 1.807) is 62.1 Å². The first-order valence-corrected chi connectivity index (χ1v) is 16.4. The van der Waals surface area contributed by atoms with Crippen molar-refractivity contribution in [3.05, 3.63) is 89.1 Å². The van der Waals surface area contributed by atoms with Gasteiger partial charge in [-0.2, -0.15) is 0 Å². The van der Waals surface area contributed by atoms with Gasteiger partial charge in [0, 0.05) is 35.6 Å². The van der Waals surface area contributed by atoms with E-state index in [9.17, 15) is 14.4 Å². The van der Waals surface area contributed by atoms with Gasteiger partial charge in [-0.15, -0.1) is 0 Å². The second-order valence-electron chi connectivity index (χ2n) is 13.7. The molecule has 1 aliphatic rings. The van der Waals surface area contributed by atoms with Crippen molar-refractivity contribution in [2.45, 2.75) is 98.2 Å². The lowest BCUT2D eigenvalue weighted by Gasteiger charge is -2.27. The molecule has 47 heavy (non-hydrogen) atoms. The summed E-state index contributed by atoms with van der Waals surface area (Å²) in [6, 6.07) is 21.0. The molecule has 0 aliphatic heterocycles. The summed E-state index contributed by atoms with van der Waals surface area (Å²) < 4.78 is 11.1. The number of aromatic nitrogens is 1. The van der Waals surface area contributed by atoms with Gasteiger partial charge in [0.25, 0.3) is 5.91 Å². The first-order valence-electron chi connectivity index (χ1n) is 16.4. The highest BCUT2D eigenvalue weighted by Crippen LogP contribution is 2.33. The second kappa shape index (κ2) is 15.3. The second-order valence-corrected chi connectivity index (χ2v) is 13.7. The van der Waals surface area contributed by atoms with Crippen molar-refractivity contribution in [2.75, 3.05) is 22.1 Å². The van der Waals surface area contributed by atoms with Crippen LogP contribution in [0.2, 0.25) is 0 Å². The average Bonchev–Trinajstić information content (AvgIpc) is 3.00. The molecule has 2 aromatic carbocycles. The van der Waals surface area contributed by atoms with Crippen LogP contribution >= 0.6 is 0 Å². The molecule has 9 heteroatoms. The molecule has 1 heterocycles. The predicted octanol–water partition coefficient (Wildman–Crippen LogP) is 8.94. The van der Waals surface area contributed by atoms with Crippen LogP contribution in [0, 0.1) is 0 Å². The van der Waals surface area contributed by atoms with E-state index < -0.39 is 23.4 Å². The van der Waals surface area contributed by atoms with Gasteiger partial charge in [-0.3, -0.25) is 15.0 Å². The molecule has 0 saturated heterocycles. The zero-order valence-corrected chi connectivity index (χ0v) is 28.7. The Labute approximate surface area is 278 Å². The van der Waals surface area contributed by atoms with Crippen LogP contribution in [0.4, 0.5) is 26.8 Å². The summed E-state index contributed by atoms with van der Waals surface area (Å²) in [5, 5.41) is 5.73. The lowest BCUT2D eigenvalue weighted by Crippen LogP contribution is -2.38. The molecular formula is C38H48N4O5. The highest BCUT2D eigenvalue weighted by atomic mass is 16.6. The number of carbonyl (C=O) groups is 3. The highest BCUT2D eigenvalue weighted by molar-refractivity contribution is 6.09. The number of hydrogen-bond donors (Lipinski definition) is 2. The fourth-order valence-electron chi connectivity index (χ4n) is 5.31. The number of aryl methyl sites for hydroxylation is 1. The maximum atomic E-state index is 13.5. The maximum absolute atomic E-state index is 13.5. The third-order valence-corrected chi connectivity index (χ3v) is 7.53. The third-order valence-electron chi connectivity index (χ3n) is 7.53. The number of nitrogens with zero attached hydrogens (tertiary/aromatic N) is 2. The number of hydrogen-bond acceptors (Lipinski definition) is 6. The largest absolute Gasteiger partial charge is 0.444 e. The number of amides is 3. The van der Waals surface area contributed by atoms with Crippen LogP contribution in [0.1, 0.15) is 91.0 Å². The van der Waals surface area contributed by atoms with E-state index in [2.05, 4.69) is 46.8 Å². The molecule has 0 atom stereocenters. The predicted molar refractivity (Wildman–Crippen MR) is 188 cm³/mol. The van der Waals surface area contributed by atoms with Crippen molar-refractivity contribution >= 4 is 40.9 Å². The van der Waals surface area contributed by atoms with Gasteiger partial charge in [-0.1, -0.05) is 37.3 Å². The molecule has 3 aromatic rings. The van der Waals surface area contributed by atoms with Crippen LogP contribution < -0.4 is 15.5 Å². The molecule has 0 spiro atoms. The number of rotatable bonds is 9. The number of nitrogens with one attached hydrogen (secondary N) is 2. The summed E-state index contributed by atoms with van der Waals surface area (Å²) in [4.78, 5) is 45.1. The van der Waals surface area contributed by atoms with Gasteiger partial charge in [0.05, 0.1) is 0 Å². The summed E-state index contributed by atoms with van der Waals surface area (Å²) in [6.45, 7) is 13.2. The first kappa shape index (κ1) is 35.2. The van der Waals surface area contributed by atoms with Gasteiger partial charge in [0.2, 0.25) is 0 Å². The Hall–Kier alpha value is -4.66. The number of allylic oxidation sites excluding steroid dienone is 1. The molecule has 0 saturated carbocycles. The Morgan fingerprint density at radius 2 is 1.47 bits per heavy atom. The van der Waals surface area contributed by atoms with Gasteiger partial charge in [-0.25, -0.2) is 14.6 Å². The molecule has 0 bridgehead atoms. The molecule has 0 radical (unpaired) electrons. The molecule has 3 amide bonds. The van der Waals surface area contributed by atoms with Crippen LogP contribution in [-0.2, 0) is 27.1 Å². The molecule has 0 unspecified atom stereocenters. The van der Waals surface area contributed by atoms with E-state index in [0.717, 1.165) is 48.8 Å². The van der Waals surface area contributed by atoms with E-state index in [1.165, 1.54) is 5.56 Å². The van der Waals surface area contributed by atoms with Crippen LogP contribution in [0.25, 0.3) is 5.57 Å². The normalized spacial score (nSPS) is 13.5. The highest BCUT2D eigenvalue weighted by Gasteiger charge is 2.25. The standard InChI is InChI=1S/C38H48N4O5/c1-8-26-16-18-27(19-17-26)31-13-9-10-14-32(31)34(43)40-29-20-22-30(23-21-29)42(36(45)47-38(5,6)7)25-24-28-12-11-15-33(39-28)41-35(44)46-37(2,3)4/h11-12,15-23H,8-10,13-14,24-25H2,1-7H3,(H,40,43)(H,39,41,44). The van der Waals surface area contributed by atoms with Crippen LogP contribution in [-0.4, -0.2) is 40.8 Å². The Morgan fingerprint density at radius 1 is 0.809 bits per heavy atom. The van der Waals surface area contributed by atoms with Crippen molar-refractivity contribution in [1.82, 2.24) is 4.98 Å². The molecule has 1 aromatic heterocycles. The van der Waals surface area contributed by atoms with Crippen molar-refractivity contribution in [3.63, 3.8) is 0 Å². The number of benzene rings is 2. The molecule has 4 rings (SSSR count). The van der Waals surface area contributed by atoms with E-state index in [1.807, 2.05) is 26.8 Å². The van der Waals surface area contributed by atoms with Crippen molar-refractivity contribution in [3.8, 4) is 0 Å². The Morgan fingerprint density at radius 3 is 2.11 bits per heavy atom. The zero-order valence-electron chi connectivity index (χ0n) is 28.7. The monoisotopic (exact) mass is 640 g/mol. The molecular weight excluding hydrogens is 592 g/mol. The quantitative estimate of drug-likeness (QED) is 0.242. The van der Waals surface area contributed by atoms with E-state index >= 15 is 0 Å². The van der Waals surface area contributed by atoms with Crippen LogP contribution in [0.15, 0.2) is 72.3 Å². The Balaban J connectivity index is 1.49. The number of pyridine rings is 1. The number of ether oxygens (including phenoxy) is 2. The van der Waals surface area contributed by atoms with Crippen molar-refractivity contribution < 1.29 is 23.9 Å². The van der Waals surface area contributed by atoms with Gasteiger partial charge in [-0.05, 0) is 127 Å². The maximum Gasteiger partial charge on any atom is 0.414 e. The van der Waals surface area contributed by atoms with Crippen LogP contribution in [0.3, 0.4) is 0 Å². The van der Waals surface area contributed by atoms with E-state index in [-0.39, 0.29) is 12.5 Å². The minimum atomic E-state index is -0.693. The fourth-order valence-corrected chi connectivity index (χ4v) is 5.31. The van der Waals surface area contributed by atoms with E-state index in [0.29, 0.717) is 29.3 Å². The summed E-state index contributed by atoms with van der Waals surface area (Å²) in [5.74, 6) is 0.261. The number of anilines is 3. The first-order chi connectivity index (χ1) is 22.2. The molecule has 1 aliphatic carbocycles. The SMILES string of the molecule is CCc1ccc(C2=C(C(=O)Nc3ccc(N(CCc4cccc(NC(=O)OC(C)(C)C)n4)C(=O)OC(C)(C)C)cc3)CCCC2)cc1. The molecule has 2 N–H and O–H groups in total. The van der Waals surface area contributed by atoms with Gasteiger partial charge in [0.15, 0.2) is 0 Å². The number of carbonyl (C=O) groups excluding carboxylic acids is 3. The Kier molecular flexibility index (Phi) is 11.4.